The average Bonchev–Trinajstić information content (AvgIpc) is 3.05. The number of amides is 2. The van der Waals surface area contributed by atoms with Crippen LogP contribution in [-0.4, -0.2) is 56.3 Å². The van der Waals surface area contributed by atoms with E-state index in [-0.39, 0.29) is 24.0 Å². The summed E-state index contributed by atoms with van der Waals surface area (Å²) in [6.07, 6.45) is 1.81. The predicted molar refractivity (Wildman–Crippen MR) is 119 cm³/mol. The van der Waals surface area contributed by atoms with E-state index in [0.29, 0.717) is 31.7 Å². The molecule has 8 heteroatoms. The summed E-state index contributed by atoms with van der Waals surface area (Å²) in [5.74, 6) is 0.0548. The van der Waals surface area contributed by atoms with Crippen molar-refractivity contribution >= 4 is 21.7 Å². The molecule has 1 aliphatic heterocycles. The van der Waals surface area contributed by atoms with Crippen LogP contribution >= 0.6 is 0 Å². The Morgan fingerprint density at radius 2 is 1.87 bits per heavy atom. The molecular formula is C23H28N2O5S. The van der Waals surface area contributed by atoms with Crippen LogP contribution in [-0.2, 0) is 27.6 Å². The molecule has 0 aromatic heterocycles. The Hall–Kier alpha value is -2.87. The number of nitrogens with one attached hydrogen (secondary N) is 1. The molecule has 2 aromatic rings. The highest BCUT2D eigenvalue weighted by Crippen LogP contribution is 2.25. The van der Waals surface area contributed by atoms with E-state index in [1.165, 1.54) is 4.90 Å². The molecule has 0 radical (unpaired) electrons. The highest BCUT2D eigenvalue weighted by atomic mass is 32.2. The lowest BCUT2D eigenvalue weighted by molar-refractivity contribution is -0.125. The highest BCUT2D eigenvalue weighted by Gasteiger charge is 2.36. The van der Waals surface area contributed by atoms with Crippen molar-refractivity contribution in [3.63, 3.8) is 0 Å². The maximum atomic E-state index is 13.0. The summed E-state index contributed by atoms with van der Waals surface area (Å²) in [6, 6.07) is 14.0. The summed E-state index contributed by atoms with van der Waals surface area (Å²) in [5, 5.41) is 2.87. The summed E-state index contributed by atoms with van der Waals surface area (Å²) < 4.78 is 28.8. The maximum Gasteiger partial charge on any atom is 0.255 e. The monoisotopic (exact) mass is 444 g/mol. The van der Waals surface area contributed by atoms with Gasteiger partial charge in [0.25, 0.3) is 5.91 Å². The molecule has 1 N–H and O–H groups in total. The van der Waals surface area contributed by atoms with Crippen molar-refractivity contribution in [2.75, 3.05) is 25.2 Å². The quantitative estimate of drug-likeness (QED) is 0.607. The van der Waals surface area contributed by atoms with Crippen LogP contribution in [0.2, 0.25) is 0 Å². The Bertz CT molecular complexity index is 1030. The molecular weight excluding hydrogens is 416 g/mol. The molecule has 0 saturated carbocycles. The van der Waals surface area contributed by atoms with Crippen molar-refractivity contribution in [1.29, 1.82) is 0 Å². The zero-order valence-electron chi connectivity index (χ0n) is 17.8. The molecule has 1 atom stereocenters. The van der Waals surface area contributed by atoms with Crippen LogP contribution in [0.4, 0.5) is 0 Å². The number of nitrogens with zero attached hydrogens (tertiary/aromatic N) is 1. The molecule has 1 aliphatic rings. The van der Waals surface area contributed by atoms with E-state index < -0.39 is 15.9 Å². The Kier molecular flexibility index (Phi) is 7.33. The number of rotatable bonds is 10. The first-order chi connectivity index (χ1) is 14.8. The van der Waals surface area contributed by atoms with Crippen molar-refractivity contribution in [2.24, 2.45) is 0 Å². The first kappa shape index (κ1) is 22.8. The van der Waals surface area contributed by atoms with Gasteiger partial charge in [-0.3, -0.25) is 9.59 Å². The van der Waals surface area contributed by atoms with Gasteiger partial charge >= 0.3 is 0 Å². The van der Waals surface area contributed by atoms with E-state index in [1.807, 2.05) is 43.3 Å². The Labute approximate surface area is 183 Å². The standard InChI is InChI=1S/C23H28N2O5S/c1-3-30-19-10-8-17(9-11-19)12-14-24-22(26)21(13-15-31(2,28)29)25-16-18-6-4-5-7-20(18)23(25)27/h4-11,21H,3,12-16H2,1-2H3,(H,24,26)/t21-/m1/s1. The lowest BCUT2D eigenvalue weighted by Gasteiger charge is -2.26. The molecule has 1 heterocycles. The molecule has 166 valence electrons. The third-order valence-electron chi connectivity index (χ3n) is 5.24. The second-order valence-electron chi connectivity index (χ2n) is 7.64. The van der Waals surface area contributed by atoms with Crippen molar-refractivity contribution in [3.05, 3.63) is 65.2 Å². The second-order valence-corrected chi connectivity index (χ2v) is 9.90. The van der Waals surface area contributed by atoms with Gasteiger partial charge in [0, 0.05) is 24.9 Å². The maximum absolute atomic E-state index is 13.0. The molecule has 0 fully saturated rings. The molecule has 2 aromatic carbocycles. The summed E-state index contributed by atoms with van der Waals surface area (Å²) in [5.41, 5.74) is 2.45. The lowest BCUT2D eigenvalue weighted by Crippen LogP contribution is -2.48. The number of carbonyl (C=O) groups excluding carboxylic acids is 2. The van der Waals surface area contributed by atoms with Crippen molar-refractivity contribution < 1.29 is 22.7 Å². The average molecular weight is 445 g/mol. The minimum absolute atomic E-state index is 0.0629. The second kappa shape index (κ2) is 9.96. The van der Waals surface area contributed by atoms with Gasteiger partial charge in [0.1, 0.15) is 21.6 Å². The lowest BCUT2D eigenvalue weighted by atomic mass is 10.1. The number of carbonyl (C=O) groups is 2. The molecule has 2 amide bonds. The van der Waals surface area contributed by atoms with Crippen LogP contribution in [0, 0.1) is 0 Å². The summed E-state index contributed by atoms with van der Waals surface area (Å²) in [4.78, 5) is 27.3. The van der Waals surface area contributed by atoms with E-state index in [2.05, 4.69) is 5.32 Å². The van der Waals surface area contributed by atoms with Crippen LogP contribution < -0.4 is 10.1 Å². The van der Waals surface area contributed by atoms with Crippen LogP contribution in [0.3, 0.4) is 0 Å². The van der Waals surface area contributed by atoms with Crippen LogP contribution in [0.1, 0.15) is 34.8 Å². The number of ether oxygens (including phenoxy) is 1. The molecule has 3 rings (SSSR count). The number of sulfone groups is 1. The van der Waals surface area contributed by atoms with Crippen LogP contribution in [0.25, 0.3) is 0 Å². The fourth-order valence-corrected chi connectivity index (χ4v) is 4.30. The molecule has 7 nitrogen and oxygen atoms in total. The molecule has 0 saturated heterocycles. The third-order valence-corrected chi connectivity index (χ3v) is 6.21. The van der Waals surface area contributed by atoms with Gasteiger partial charge in [0.05, 0.1) is 12.4 Å². The Balaban J connectivity index is 1.65. The van der Waals surface area contributed by atoms with Crippen molar-refractivity contribution in [3.8, 4) is 5.75 Å². The highest BCUT2D eigenvalue weighted by molar-refractivity contribution is 7.90. The molecule has 31 heavy (non-hydrogen) atoms. The normalized spacial score (nSPS) is 14.3. The minimum Gasteiger partial charge on any atom is -0.494 e. The molecule has 0 bridgehead atoms. The van der Waals surface area contributed by atoms with E-state index in [1.54, 1.807) is 12.1 Å². The van der Waals surface area contributed by atoms with E-state index >= 15 is 0 Å². The zero-order valence-corrected chi connectivity index (χ0v) is 18.7. The zero-order chi connectivity index (χ0) is 22.4. The van der Waals surface area contributed by atoms with Gasteiger partial charge in [-0.1, -0.05) is 30.3 Å². The van der Waals surface area contributed by atoms with Gasteiger partial charge in [-0.25, -0.2) is 8.42 Å². The fraction of sp³-hybridized carbons (Fsp3) is 0.391. The fourth-order valence-electron chi connectivity index (χ4n) is 3.65. The summed E-state index contributed by atoms with van der Waals surface area (Å²) in [6.45, 7) is 3.21. The Morgan fingerprint density at radius 1 is 1.16 bits per heavy atom. The smallest absolute Gasteiger partial charge is 0.255 e. The summed E-state index contributed by atoms with van der Waals surface area (Å²) >= 11 is 0. The van der Waals surface area contributed by atoms with E-state index in [0.717, 1.165) is 23.1 Å². The van der Waals surface area contributed by atoms with Gasteiger partial charge in [-0.15, -0.1) is 0 Å². The number of fused-ring (bicyclic) bond motifs is 1. The third kappa shape index (κ3) is 6.07. The van der Waals surface area contributed by atoms with E-state index in [4.69, 9.17) is 4.74 Å². The minimum atomic E-state index is -3.27. The van der Waals surface area contributed by atoms with Crippen LogP contribution in [0.15, 0.2) is 48.5 Å². The predicted octanol–water partition coefficient (Wildman–Crippen LogP) is 2.20. The van der Waals surface area contributed by atoms with Crippen LogP contribution in [0.5, 0.6) is 5.75 Å². The number of benzene rings is 2. The molecule has 0 aliphatic carbocycles. The van der Waals surface area contributed by atoms with Crippen molar-refractivity contribution in [2.45, 2.75) is 32.4 Å². The van der Waals surface area contributed by atoms with Gasteiger partial charge in [-0.05, 0) is 49.1 Å². The molecule has 0 spiro atoms. The summed E-state index contributed by atoms with van der Waals surface area (Å²) in [7, 11) is -3.27. The van der Waals surface area contributed by atoms with Gasteiger partial charge < -0.3 is 15.0 Å². The number of hydrogen-bond acceptors (Lipinski definition) is 5. The number of hydrogen-bond donors (Lipinski definition) is 1. The van der Waals surface area contributed by atoms with E-state index in [9.17, 15) is 18.0 Å². The largest absolute Gasteiger partial charge is 0.494 e. The SMILES string of the molecule is CCOc1ccc(CCNC(=O)[C@@H](CCS(C)(=O)=O)N2Cc3ccccc3C2=O)cc1. The Morgan fingerprint density at radius 3 is 2.52 bits per heavy atom. The van der Waals surface area contributed by atoms with Crippen molar-refractivity contribution in [1.82, 2.24) is 10.2 Å². The first-order valence-electron chi connectivity index (χ1n) is 10.3. The first-order valence-corrected chi connectivity index (χ1v) is 12.4. The molecule has 0 unspecified atom stereocenters. The van der Waals surface area contributed by atoms with Gasteiger partial charge in [0.2, 0.25) is 5.91 Å². The van der Waals surface area contributed by atoms with Gasteiger partial charge in [-0.2, -0.15) is 0 Å². The topological polar surface area (TPSA) is 92.8 Å². The van der Waals surface area contributed by atoms with Gasteiger partial charge in [0.15, 0.2) is 0 Å².